The minimum Gasteiger partial charge on any atom is -0.396 e. The van der Waals surface area contributed by atoms with E-state index in [9.17, 15) is 17.2 Å². The number of anilines is 2. The maximum atomic E-state index is 13.7. The summed E-state index contributed by atoms with van der Waals surface area (Å²) in [7, 11) is -4.28. The van der Waals surface area contributed by atoms with E-state index >= 15 is 0 Å². The van der Waals surface area contributed by atoms with Crippen LogP contribution in [-0.4, -0.2) is 8.42 Å². The average Bonchev–Trinajstić information content (AvgIpc) is 2.37. The summed E-state index contributed by atoms with van der Waals surface area (Å²) in [6.07, 6.45) is 0. The van der Waals surface area contributed by atoms with Gasteiger partial charge in [-0.1, -0.05) is 17.7 Å². The van der Waals surface area contributed by atoms with E-state index in [2.05, 4.69) is 4.72 Å². The number of nitrogen functional groups attached to an aromatic ring is 1. The number of hydrogen-bond acceptors (Lipinski definition) is 3. The predicted octanol–water partition coefficient (Wildman–Crippen LogP) is 3.31. The Morgan fingerprint density at radius 3 is 2.48 bits per heavy atom. The summed E-state index contributed by atoms with van der Waals surface area (Å²) in [6, 6.07) is 5.82. The Morgan fingerprint density at radius 2 is 1.81 bits per heavy atom. The molecule has 2 aromatic carbocycles. The molecule has 21 heavy (non-hydrogen) atoms. The lowest BCUT2D eigenvalue weighted by molar-refractivity contribution is 0.553. The van der Waals surface area contributed by atoms with Gasteiger partial charge in [0.25, 0.3) is 10.0 Å². The van der Waals surface area contributed by atoms with Gasteiger partial charge >= 0.3 is 0 Å². The van der Waals surface area contributed by atoms with Crippen molar-refractivity contribution in [1.29, 1.82) is 0 Å². The first-order valence-corrected chi connectivity index (χ1v) is 7.60. The predicted molar refractivity (Wildman–Crippen MR) is 77.8 cm³/mol. The van der Waals surface area contributed by atoms with Gasteiger partial charge in [-0.05, 0) is 30.7 Å². The molecule has 4 nitrogen and oxygen atoms in total. The van der Waals surface area contributed by atoms with Crippen molar-refractivity contribution in [2.45, 2.75) is 11.8 Å². The fraction of sp³-hybridized carbons (Fsp3) is 0.0769. The van der Waals surface area contributed by atoms with Gasteiger partial charge in [0.05, 0.1) is 16.4 Å². The fourth-order valence-electron chi connectivity index (χ4n) is 1.67. The van der Waals surface area contributed by atoms with Crippen molar-refractivity contribution in [1.82, 2.24) is 0 Å². The van der Waals surface area contributed by atoms with Crippen molar-refractivity contribution in [2.24, 2.45) is 0 Å². The van der Waals surface area contributed by atoms with Crippen LogP contribution in [0.1, 0.15) is 5.56 Å². The highest BCUT2D eigenvalue weighted by molar-refractivity contribution is 7.92. The molecule has 0 fully saturated rings. The largest absolute Gasteiger partial charge is 0.396 e. The zero-order valence-electron chi connectivity index (χ0n) is 10.8. The summed E-state index contributed by atoms with van der Waals surface area (Å²) in [4.78, 5) is -0.751. The van der Waals surface area contributed by atoms with E-state index in [0.717, 1.165) is 11.6 Å². The molecular formula is C13H11ClF2N2O2S. The van der Waals surface area contributed by atoms with Crippen LogP contribution in [0.3, 0.4) is 0 Å². The first kappa shape index (κ1) is 15.5. The summed E-state index contributed by atoms with van der Waals surface area (Å²) in [6.45, 7) is 1.74. The Balaban J connectivity index is 2.48. The summed E-state index contributed by atoms with van der Waals surface area (Å²) >= 11 is 5.88. The Labute approximate surface area is 125 Å². The zero-order chi connectivity index (χ0) is 15.8. The molecule has 0 bridgehead atoms. The second kappa shape index (κ2) is 5.50. The molecule has 0 saturated heterocycles. The Hall–Kier alpha value is -1.86. The van der Waals surface area contributed by atoms with Crippen molar-refractivity contribution in [3.8, 4) is 0 Å². The van der Waals surface area contributed by atoms with Gasteiger partial charge in [-0.25, -0.2) is 17.2 Å². The van der Waals surface area contributed by atoms with Crippen LogP contribution in [-0.2, 0) is 10.0 Å². The number of nitrogens with one attached hydrogen (secondary N) is 1. The normalized spacial score (nSPS) is 11.4. The van der Waals surface area contributed by atoms with Gasteiger partial charge in [0.15, 0.2) is 0 Å². The number of rotatable bonds is 3. The summed E-state index contributed by atoms with van der Waals surface area (Å²) in [5.41, 5.74) is 5.66. The molecule has 0 aliphatic rings. The van der Waals surface area contributed by atoms with Gasteiger partial charge in [-0.15, -0.1) is 0 Å². The maximum absolute atomic E-state index is 13.7. The monoisotopic (exact) mass is 332 g/mol. The van der Waals surface area contributed by atoms with Crippen molar-refractivity contribution >= 4 is 33.0 Å². The smallest absolute Gasteiger partial charge is 0.264 e. The molecular weight excluding hydrogens is 322 g/mol. The molecule has 0 aliphatic heterocycles. The fourth-order valence-corrected chi connectivity index (χ4v) is 3.05. The standard InChI is InChI=1S/C13H11ClF2N2O2S/c1-7-2-3-8(14)12(4-7)18-21(19,20)13-6-11(17)9(15)5-10(13)16/h2-6,18H,17H2,1H3. The summed E-state index contributed by atoms with van der Waals surface area (Å²) in [5.74, 6) is -2.27. The van der Waals surface area contributed by atoms with Gasteiger partial charge in [-0.3, -0.25) is 4.72 Å². The molecule has 0 amide bonds. The van der Waals surface area contributed by atoms with Gasteiger partial charge in [-0.2, -0.15) is 0 Å². The third kappa shape index (κ3) is 3.25. The lowest BCUT2D eigenvalue weighted by Crippen LogP contribution is -2.16. The SMILES string of the molecule is Cc1ccc(Cl)c(NS(=O)(=O)c2cc(N)c(F)cc2F)c1. The van der Waals surface area contributed by atoms with Crippen molar-refractivity contribution in [3.63, 3.8) is 0 Å². The average molecular weight is 333 g/mol. The third-order valence-electron chi connectivity index (χ3n) is 2.71. The lowest BCUT2D eigenvalue weighted by Gasteiger charge is -2.11. The van der Waals surface area contributed by atoms with Gasteiger partial charge in [0.2, 0.25) is 0 Å². The minimum atomic E-state index is -4.28. The molecule has 8 heteroatoms. The molecule has 2 rings (SSSR count). The third-order valence-corrected chi connectivity index (χ3v) is 4.42. The van der Waals surface area contributed by atoms with Crippen LogP contribution < -0.4 is 10.5 Å². The van der Waals surface area contributed by atoms with Gasteiger partial charge in [0, 0.05) is 6.07 Å². The van der Waals surface area contributed by atoms with E-state index in [1.807, 2.05) is 0 Å². The highest BCUT2D eigenvalue weighted by Gasteiger charge is 2.22. The van der Waals surface area contributed by atoms with Crippen LogP contribution in [0.4, 0.5) is 20.2 Å². The topological polar surface area (TPSA) is 72.2 Å². The number of aryl methyl sites for hydroxylation is 1. The van der Waals surface area contributed by atoms with E-state index in [-0.39, 0.29) is 10.7 Å². The lowest BCUT2D eigenvalue weighted by atomic mass is 10.2. The molecule has 0 aliphatic carbocycles. The number of nitrogens with two attached hydrogens (primary N) is 1. The first-order chi connectivity index (χ1) is 9.70. The van der Waals surface area contributed by atoms with Crippen LogP contribution in [0.5, 0.6) is 0 Å². The molecule has 2 aromatic rings. The van der Waals surface area contributed by atoms with E-state index in [1.54, 1.807) is 13.0 Å². The minimum absolute atomic E-state index is 0.0963. The quantitative estimate of drug-likeness (QED) is 0.847. The van der Waals surface area contributed by atoms with Crippen LogP contribution >= 0.6 is 11.6 Å². The molecule has 0 saturated carbocycles. The van der Waals surface area contributed by atoms with Gasteiger partial charge in [0.1, 0.15) is 16.5 Å². The van der Waals surface area contributed by atoms with E-state index in [0.29, 0.717) is 6.07 Å². The maximum Gasteiger partial charge on any atom is 0.264 e. The summed E-state index contributed by atoms with van der Waals surface area (Å²) < 4.78 is 53.2. The van der Waals surface area contributed by atoms with E-state index in [1.165, 1.54) is 12.1 Å². The molecule has 0 spiro atoms. The number of halogens is 3. The summed E-state index contributed by atoms with van der Waals surface area (Å²) in [5, 5.41) is 0.152. The first-order valence-electron chi connectivity index (χ1n) is 5.74. The van der Waals surface area contributed by atoms with Crippen LogP contribution in [0.15, 0.2) is 35.2 Å². The molecule has 0 heterocycles. The van der Waals surface area contributed by atoms with Crippen molar-refractivity contribution in [3.05, 3.63) is 52.6 Å². The Morgan fingerprint density at radius 1 is 1.14 bits per heavy atom. The Bertz CT molecular complexity index is 810. The molecule has 112 valence electrons. The molecule has 0 unspecified atom stereocenters. The zero-order valence-corrected chi connectivity index (χ0v) is 12.4. The molecule has 0 radical (unpaired) electrons. The second-order valence-electron chi connectivity index (χ2n) is 4.39. The van der Waals surface area contributed by atoms with Crippen molar-refractivity contribution in [2.75, 3.05) is 10.5 Å². The van der Waals surface area contributed by atoms with Gasteiger partial charge < -0.3 is 5.73 Å². The Kier molecular flexibility index (Phi) is 4.06. The van der Waals surface area contributed by atoms with E-state index < -0.39 is 32.2 Å². The highest BCUT2D eigenvalue weighted by atomic mass is 35.5. The van der Waals surface area contributed by atoms with Crippen molar-refractivity contribution < 1.29 is 17.2 Å². The molecule has 0 aromatic heterocycles. The number of hydrogen-bond donors (Lipinski definition) is 2. The van der Waals surface area contributed by atoms with Crippen LogP contribution in [0, 0.1) is 18.6 Å². The van der Waals surface area contributed by atoms with E-state index in [4.69, 9.17) is 17.3 Å². The number of sulfonamides is 1. The molecule has 0 atom stereocenters. The highest BCUT2D eigenvalue weighted by Crippen LogP contribution is 2.27. The second-order valence-corrected chi connectivity index (χ2v) is 6.45. The van der Waals surface area contributed by atoms with Crippen LogP contribution in [0.25, 0.3) is 0 Å². The molecule has 3 N–H and O–H groups in total. The van der Waals surface area contributed by atoms with Crippen LogP contribution in [0.2, 0.25) is 5.02 Å². The number of benzene rings is 2.